The highest BCUT2D eigenvalue weighted by Crippen LogP contribution is 2.23. The van der Waals surface area contributed by atoms with Gasteiger partial charge in [-0.25, -0.2) is 0 Å². The number of nitriles is 1. The number of hydrogen-bond acceptors (Lipinski definition) is 4. The molecule has 0 amide bonds. The van der Waals surface area contributed by atoms with E-state index >= 15 is 0 Å². The van der Waals surface area contributed by atoms with Crippen LogP contribution in [0.2, 0.25) is 0 Å². The molecule has 1 heterocycles. The van der Waals surface area contributed by atoms with Crippen LogP contribution in [0, 0.1) is 11.3 Å². The Bertz CT molecular complexity index is 410. The van der Waals surface area contributed by atoms with Gasteiger partial charge in [0.05, 0.1) is 25.1 Å². The number of anilines is 1. The Morgan fingerprint density at radius 1 is 1.44 bits per heavy atom. The molecule has 1 atom stereocenters. The molecule has 0 aliphatic carbocycles. The van der Waals surface area contributed by atoms with Crippen LogP contribution in [0.1, 0.15) is 13.3 Å². The molecule has 1 N–H and O–H groups in total. The van der Waals surface area contributed by atoms with Crippen molar-refractivity contribution in [3.63, 3.8) is 0 Å². The number of hydrogen-bond donors (Lipinski definition) is 1. The van der Waals surface area contributed by atoms with Crippen LogP contribution < -0.4 is 15.0 Å². The Labute approximate surface area is 108 Å². The van der Waals surface area contributed by atoms with E-state index in [-0.39, 0.29) is 6.04 Å². The molecular weight excluding hydrogens is 226 g/mol. The predicted octanol–water partition coefficient (Wildman–Crippen LogP) is 1.78. The van der Waals surface area contributed by atoms with Gasteiger partial charge in [0.2, 0.25) is 0 Å². The lowest BCUT2D eigenvalue weighted by atomic mass is 10.1. The number of piperazine rings is 1. The lowest BCUT2D eigenvalue weighted by molar-refractivity contribution is 0.340. The van der Waals surface area contributed by atoms with E-state index in [1.807, 2.05) is 19.1 Å². The molecule has 4 heteroatoms. The van der Waals surface area contributed by atoms with Gasteiger partial charge in [-0.05, 0) is 31.2 Å². The van der Waals surface area contributed by atoms with Gasteiger partial charge in [-0.2, -0.15) is 5.26 Å². The third-order valence-electron chi connectivity index (χ3n) is 3.16. The topological polar surface area (TPSA) is 48.3 Å². The van der Waals surface area contributed by atoms with E-state index in [1.54, 1.807) is 0 Å². The van der Waals surface area contributed by atoms with Crippen molar-refractivity contribution < 1.29 is 4.74 Å². The maximum atomic E-state index is 8.87. The Kier molecular flexibility index (Phi) is 4.43. The first-order chi connectivity index (χ1) is 8.85. The molecule has 1 saturated heterocycles. The Balaban J connectivity index is 2.10. The molecule has 2 rings (SSSR count). The summed E-state index contributed by atoms with van der Waals surface area (Å²) in [4.78, 5) is 2.30. The Morgan fingerprint density at radius 3 is 2.89 bits per heavy atom. The lowest BCUT2D eigenvalue weighted by Crippen LogP contribution is -2.51. The van der Waals surface area contributed by atoms with Crippen LogP contribution >= 0.6 is 0 Å². The predicted molar refractivity (Wildman–Crippen MR) is 71.8 cm³/mol. The summed E-state index contributed by atoms with van der Waals surface area (Å²) in [6, 6.07) is 10.6. The third kappa shape index (κ3) is 2.93. The van der Waals surface area contributed by atoms with Gasteiger partial charge in [0.15, 0.2) is 0 Å². The molecule has 0 saturated carbocycles. The molecule has 0 radical (unpaired) electrons. The van der Waals surface area contributed by atoms with Gasteiger partial charge in [0.25, 0.3) is 0 Å². The first-order valence-electron chi connectivity index (χ1n) is 6.42. The molecule has 0 bridgehead atoms. The molecule has 1 aliphatic rings. The quantitative estimate of drug-likeness (QED) is 0.878. The van der Waals surface area contributed by atoms with E-state index in [9.17, 15) is 0 Å². The lowest BCUT2D eigenvalue weighted by Gasteiger charge is -2.37. The highest BCUT2D eigenvalue weighted by Gasteiger charge is 2.21. The van der Waals surface area contributed by atoms with Gasteiger partial charge in [0.1, 0.15) is 5.75 Å². The average Bonchev–Trinajstić information content (AvgIpc) is 2.41. The van der Waals surface area contributed by atoms with Gasteiger partial charge in [-0.3, -0.25) is 0 Å². The summed E-state index contributed by atoms with van der Waals surface area (Å²) in [5.41, 5.74) is 1.17. The average molecular weight is 245 g/mol. The first kappa shape index (κ1) is 12.7. The van der Waals surface area contributed by atoms with Crippen molar-refractivity contribution in [1.82, 2.24) is 5.32 Å². The SMILES string of the molecule is CCOc1ccc(N2CCNCC2CC#N)cc1. The molecule has 1 aromatic carbocycles. The normalized spacial score (nSPS) is 19.3. The Hall–Kier alpha value is -1.73. The van der Waals surface area contributed by atoms with Crippen LogP contribution in [-0.2, 0) is 0 Å². The summed E-state index contributed by atoms with van der Waals surface area (Å²) in [7, 11) is 0. The van der Waals surface area contributed by atoms with E-state index in [2.05, 4.69) is 28.4 Å². The van der Waals surface area contributed by atoms with Crippen molar-refractivity contribution in [1.29, 1.82) is 5.26 Å². The van der Waals surface area contributed by atoms with Crippen molar-refractivity contribution in [2.24, 2.45) is 0 Å². The molecular formula is C14H19N3O. The molecule has 4 nitrogen and oxygen atoms in total. The van der Waals surface area contributed by atoms with Gasteiger partial charge >= 0.3 is 0 Å². The minimum absolute atomic E-state index is 0.265. The van der Waals surface area contributed by atoms with E-state index in [4.69, 9.17) is 10.00 Å². The number of nitrogens with zero attached hydrogens (tertiary/aromatic N) is 2. The number of nitrogens with one attached hydrogen (secondary N) is 1. The first-order valence-corrected chi connectivity index (χ1v) is 6.42. The van der Waals surface area contributed by atoms with Crippen molar-refractivity contribution in [3.05, 3.63) is 24.3 Å². The van der Waals surface area contributed by atoms with Crippen molar-refractivity contribution in [2.75, 3.05) is 31.1 Å². The summed E-state index contributed by atoms with van der Waals surface area (Å²) < 4.78 is 5.44. The summed E-state index contributed by atoms with van der Waals surface area (Å²) in [6.07, 6.45) is 0.556. The van der Waals surface area contributed by atoms with Gasteiger partial charge in [0, 0.05) is 25.3 Å². The fourth-order valence-corrected chi connectivity index (χ4v) is 2.29. The third-order valence-corrected chi connectivity index (χ3v) is 3.16. The van der Waals surface area contributed by atoms with Crippen LogP contribution in [-0.4, -0.2) is 32.3 Å². The van der Waals surface area contributed by atoms with Crippen molar-refractivity contribution in [2.45, 2.75) is 19.4 Å². The van der Waals surface area contributed by atoms with Gasteiger partial charge in [-0.15, -0.1) is 0 Å². The molecule has 0 aromatic heterocycles. The van der Waals surface area contributed by atoms with E-state index in [0.717, 1.165) is 25.4 Å². The monoisotopic (exact) mass is 245 g/mol. The zero-order valence-electron chi connectivity index (χ0n) is 10.7. The highest BCUT2D eigenvalue weighted by molar-refractivity contribution is 5.50. The molecule has 18 heavy (non-hydrogen) atoms. The second-order valence-electron chi connectivity index (χ2n) is 4.34. The van der Waals surface area contributed by atoms with Crippen LogP contribution in [0.3, 0.4) is 0 Å². The fourth-order valence-electron chi connectivity index (χ4n) is 2.29. The minimum atomic E-state index is 0.265. The maximum Gasteiger partial charge on any atom is 0.119 e. The van der Waals surface area contributed by atoms with Crippen LogP contribution in [0.5, 0.6) is 5.75 Å². The summed E-state index contributed by atoms with van der Waals surface area (Å²) in [6.45, 7) is 5.45. The second-order valence-corrected chi connectivity index (χ2v) is 4.34. The zero-order chi connectivity index (χ0) is 12.8. The second kappa shape index (κ2) is 6.27. The molecule has 0 spiro atoms. The zero-order valence-corrected chi connectivity index (χ0v) is 10.7. The van der Waals surface area contributed by atoms with Crippen LogP contribution in [0.4, 0.5) is 5.69 Å². The highest BCUT2D eigenvalue weighted by atomic mass is 16.5. The standard InChI is InChI=1S/C14H19N3O/c1-2-18-14-5-3-12(4-6-14)17-10-9-16-11-13(17)7-8-15/h3-6,13,16H,2,7,9-11H2,1H3. The Morgan fingerprint density at radius 2 is 2.22 bits per heavy atom. The van der Waals surface area contributed by atoms with E-state index < -0.39 is 0 Å². The maximum absolute atomic E-state index is 8.87. The van der Waals surface area contributed by atoms with Gasteiger partial charge < -0.3 is 15.0 Å². The summed E-state index contributed by atoms with van der Waals surface area (Å²) in [5, 5.41) is 12.2. The molecule has 1 fully saturated rings. The van der Waals surface area contributed by atoms with Crippen LogP contribution in [0.15, 0.2) is 24.3 Å². The summed E-state index contributed by atoms with van der Waals surface area (Å²) >= 11 is 0. The molecule has 1 unspecified atom stereocenters. The van der Waals surface area contributed by atoms with Gasteiger partial charge in [-0.1, -0.05) is 0 Å². The van der Waals surface area contributed by atoms with E-state index in [0.29, 0.717) is 13.0 Å². The molecule has 96 valence electrons. The number of ether oxygens (including phenoxy) is 1. The largest absolute Gasteiger partial charge is 0.494 e. The number of rotatable bonds is 4. The van der Waals surface area contributed by atoms with E-state index in [1.165, 1.54) is 5.69 Å². The minimum Gasteiger partial charge on any atom is -0.494 e. The van der Waals surface area contributed by atoms with Crippen molar-refractivity contribution >= 4 is 5.69 Å². The number of benzene rings is 1. The smallest absolute Gasteiger partial charge is 0.119 e. The fraction of sp³-hybridized carbons (Fsp3) is 0.500. The summed E-state index contributed by atoms with van der Waals surface area (Å²) in [5.74, 6) is 0.896. The van der Waals surface area contributed by atoms with Crippen molar-refractivity contribution in [3.8, 4) is 11.8 Å². The molecule has 1 aromatic rings. The molecule has 1 aliphatic heterocycles. The van der Waals surface area contributed by atoms with Crippen LogP contribution in [0.25, 0.3) is 0 Å².